The molecule has 0 spiro atoms. The summed E-state index contributed by atoms with van der Waals surface area (Å²) in [6.07, 6.45) is 0. The Hall–Kier alpha value is -2.09. The molecule has 0 radical (unpaired) electrons. The number of hydrogen-bond acceptors (Lipinski definition) is 6. The zero-order chi connectivity index (χ0) is 18.9. The highest BCUT2D eigenvalue weighted by atomic mass is 32.2. The molecule has 0 unspecified atom stereocenters. The molecule has 0 bridgehead atoms. The normalized spacial score (nSPS) is 11.7. The monoisotopic (exact) mass is 417 g/mol. The largest absolute Gasteiger partial charge is 0.455 e. The first-order chi connectivity index (χ1) is 13.2. The van der Waals surface area contributed by atoms with E-state index in [9.17, 15) is 9.59 Å². The van der Waals surface area contributed by atoms with E-state index >= 15 is 0 Å². The molecule has 1 atom stereocenters. The van der Waals surface area contributed by atoms with Gasteiger partial charge < -0.3 is 10.1 Å². The minimum atomic E-state index is -0.376. The van der Waals surface area contributed by atoms with Crippen molar-refractivity contribution in [2.75, 3.05) is 12.4 Å². The lowest BCUT2D eigenvalue weighted by Crippen LogP contribution is -2.33. The molecule has 0 saturated heterocycles. The average molecular weight is 418 g/mol. The summed E-state index contributed by atoms with van der Waals surface area (Å²) >= 11 is 4.72. The van der Waals surface area contributed by atoms with Crippen LogP contribution in [-0.2, 0) is 20.1 Å². The van der Waals surface area contributed by atoms with Crippen molar-refractivity contribution in [1.82, 2.24) is 5.32 Å². The zero-order valence-electron chi connectivity index (χ0n) is 14.5. The number of hydrogen-bond donors (Lipinski definition) is 1. The van der Waals surface area contributed by atoms with Crippen molar-refractivity contribution in [2.45, 2.75) is 11.8 Å². The van der Waals surface area contributed by atoms with E-state index in [0.717, 1.165) is 16.2 Å². The van der Waals surface area contributed by atoms with Gasteiger partial charge in [0.2, 0.25) is 0 Å². The predicted octanol–water partition coefficient (Wildman–Crippen LogP) is 4.49. The Kier molecular flexibility index (Phi) is 7.50. The Morgan fingerprint density at radius 2 is 1.78 bits per heavy atom. The minimum Gasteiger partial charge on any atom is -0.455 e. The van der Waals surface area contributed by atoms with E-state index in [0.29, 0.717) is 0 Å². The molecule has 3 rings (SSSR count). The molecule has 1 N–H and O–H groups in total. The molecule has 4 nitrogen and oxygen atoms in total. The van der Waals surface area contributed by atoms with Crippen molar-refractivity contribution in [1.29, 1.82) is 0 Å². The first-order valence-electron chi connectivity index (χ1n) is 8.36. The number of carbonyl (C=O) groups is 2. The van der Waals surface area contributed by atoms with Gasteiger partial charge in [0, 0.05) is 15.5 Å². The summed E-state index contributed by atoms with van der Waals surface area (Å²) in [7, 11) is 0. The van der Waals surface area contributed by atoms with E-state index in [-0.39, 0.29) is 30.3 Å². The molecule has 3 aromatic rings. The molecule has 2 heterocycles. The van der Waals surface area contributed by atoms with Gasteiger partial charge in [-0.1, -0.05) is 42.5 Å². The number of amides is 1. The van der Waals surface area contributed by atoms with Crippen LogP contribution in [0.5, 0.6) is 0 Å². The van der Waals surface area contributed by atoms with Gasteiger partial charge in [-0.15, -0.1) is 34.4 Å². The summed E-state index contributed by atoms with van der Waals surface area (Å²) in [6.45, 7) is -0.271. The van der Waals surface area contributed by atoms with Gasteiger partial charge in [-0.2, -0.15) is 0 Å². The second-order valence-electron chi connectivity index (χ2n) is 5.66. The maximum Gasteiger partial charge on any atom is 0.316 e. The van der Waals surface area contributed by atoms with Crippen molar-refractivity contribution < 1.29 is 14.3 Å². The number of thioether (sulfide) groups is 1. The standard InChI is InChI=1S/C20H19NO3S3/c22-18(12-24-19(23)14-25-13-16-8-4-10-26-16)21-20(17-9-5-11-27-17)15-6-2-1-3-7-15/h1-11,20H,12-14H2,(H,21,22)/t20-/m1/s1. The fraction of sp³-hybridized carbons (Fsp3) is 0.200. The molecule has 0 saturated carbocycles. The summed E-state index contributed by atoms with van der Waals surface area (Å²) in [5.41, 5.74) is 0.992. The van der Waals surface area contributed by atoms with E-state index in [1.165, 1.54) is 16.6 Å². The zero-order valence-corrected chi connectivity index (χ0v) is 16.9. The number of thiophene rings is 2. The Bertz CT molecular complexity index is 833. The first-order valence-corrected chi connectivity index (χ1v) is 11.3. The Labute approximate surface area is 170 Å². The third-order valence-corrected chi connectivity index (χ3v) is 6.63. The average Bonchev–Trinajstić information content (AvgIpc) is 3.39. The van der Waals surface area contributed by atoms with Crippen LogP contribution in [0.4, 0.5) is 0 Å². The number of esters is 1. The summed E-state index contributed by atoms with van der Waals surface area (Å²) in [4.78, 5) is 26.4. The third-order valence-electron chi connectivity index (χ3n) is 3.67. The second kappa shape index (κ2) is 10.3. The maximum absolute atomic E-state index is 12.3. The number of nitrogens with one attached hydrogen (secondary N) is 1. The molecule has 27 heavy (non-hydrogen) atoms. The summed E-state index contributed by atoms with van der Waals surface area (Å²) < 4.78 is 5.11. The van der Waals surface area contributed by atoms with E-state index < -0.39 is 0 Å². The predicted molar refractivity (Wildman–Crippen MR) is 112 cm³/mol. The third kappa shape index (κ3) is 6.23. The van der Waals surface area contributed by atoms with Crippen LogP contribution >= 0.6 is 34.4 Å². The lowest BCUT2D eigenvalue weighted by molar-refractivity contribution is -0.146. The van der Waals surface area contributed by atoms with Crippen molar-refractivity contribution in [3.05, 3.63) is 80.7 Å². The summed E-state index contributed by atoms with van der Waals surface area (Å²) in [5.74, 6) is 0.319. The minimum absolute atomic E-state index is 0.234. The van der Waals surface area contributed by atoms with Crippen LogP contribution in [0, 0.1) is 0 Å². The molecule has 2 aromatic heterocycles. The highest BCUT2D eigenvalue weighted by molar-refractivity contribution is 7.99. The van der Waals surface area contributed by atoms with Gasteiger partial charge in [0.15, 0.2) is 6.61 Å². The highest BCUT2D eigenvalue weighted by Crippen LogP contribution is 2.25. The van der Waals surface area contributed by atoms with Gasteiger partial charge in [-0.3, -0.25) is 9.59 Å². The van der Waals surface area contributed by atoms with Gasteiger partial charge in [0.05, 0.1) is 11.8 Å². The number of ether oxygens (including phenoxy) is 1. The molecular formula is C20H19NO3S3. The van der Waals surface area contributed by atoms with Gasteiger partial charge in [0.1, 0.15) is 0 Å². The Morgan fingerprint density at radius 3 is 2.48 bits per heavy atom. The molecule has 140 valence electrons. The molecule has 1 amide bonds. The fourth-order valence-corrected chi connectivity index (χ4v) is 4.90. The summed E-state index contributed by atoms with van der Waals surface area (Å²) in [5, 5.41) is 6.94. The van der Waals surface area contributed by atoms with E-state index in [1.807, 2.05) is 65.4 Å². The van der Waals surface area contributed by atoms with Gasteiger partial charge in [0.25, 0.3) is 5.91 Å². The lowest BCUT2D eigenvalue weighted by Gasteiger charge is -2.18. The highest BCUT2D eigenvalue weighted by Gasteiger charge is 2.18. The fourth-order valence-electron chi connectivity index (χ4n) is 2.44. The van der Waals surface area contributed by atoms with E-state index in [1.54, 1.807) is 22.7 Å². The molecule has 0 aliphatic rings. The van der Waals surface area contributed by atoms with Gasteiger partial charge >= 0.3 is 5.97 Å². The number of carbonyl (C=O) groups excluding carboxylic acids is 2. The van der Waals surface area contributed by atoms with Crippen LogP contribution in [0.2, 0.25) is 0 Å². The smallest absolute Gasteiger partial charge is 0.316 e. The molecule has 0 fully saturated rings. The SMILES string of the molecule is O=C(COC(=O)CSCc1cccs1)N[C@H](c1ccccc1)c1cccs1. The molecule has 1 aromatic carbocycles. The Balaban J connectivity index is 1.47. The molecular weight excluding hydrogens is 398 g/mol. The van der Waals surface area contributed by atoms with Crippen molar-refractivity contribution in [3.8, 4) is 0 Å². The van der Waals surface area contributed by atoms with Crippen molar-refractivity contribution in [2.24, 2.45) is 0 Å². The lowest BCUT2D eigenvalue weighted by atomic mass is 10.1. The Morgan fingerprint density at radius 1 is 1.00 bits per heavy atom. The van der Waals surface area contributed by atoms with Crippen LogP contribution in [0.15, 0.2) is 65.4 Å². The van der Waals surface area contributed by atoms with Crippen LogP contribution < -0.4 is 5.32 Å². The van der Waals surface area contributed by atoms with E-state index in [2.05, 4.69) is 5.32 Å². The van der Waals surface area contributed by atoms with Gasteiger partial charge in [-0.05, 0) is 28.5 Å². The van der Waals surface area contributed by atoms with Gasteiger partial charge in [-0.25, -0.2) is 0 Å². The molecule has 7 heteroatoms. The van der Waals surface area contributed by atoms with E-state index in [4.69, 9.17) is 4.74 Å². The quantitative estimate of drug-likeness (QED) is 0.521. The van der Waals surface area contributed by atoms with Crippen LogP contribution in [0.1, 0.15) is 21.4 Å². The number of benzene rings is 1. The van der Waals surface area contributed by atoms with Crippen LogP contribution in [-0.4, -0.2) is 24.2 Å². The first kappa shape index (κ1) is 19.7. The van der Waals surface area contributed by atoms with Crippen LogP contribution in [0.3, 0.4) is 0 Å². The van der Waals surface area contributed by atoms with Crippen molar-refractivity contribution in [3.63, 3.8) is 0 Å². The summed E-state index contributed by atoms with van der Waals surface area (Å²) in [6, 6.07) is 17.5. The molecule has 0 aliphatic carbocycles. The number of rotatable bonds is 9. The molecule has 0 aliphatic heterocycles. The second-order valence-corrected chi connectivity index (χ2v) is 8.66. The topological polar surface area (TPSA) is 55.4 Å². The maximum atomic E-state index is 12.3. The van der Waals surface area contributed by atoms with Crippen LogP contribution in [0.25, 0.3) is 0 Å². The van der Waals surface area contributed by atoms with Crippen molar-refractivity contribution >= 4 is 46.3 Å².